The van der Waals surface area contributed by atoms with E-state index in [1.807, 2.05) is 37.6 Å². The first-order chi connectivity index (χ1) is 9.17. The van der Waals surface area contributed by atoms with E-state index in [2.05, 4.69) is 37.7 Å². The average Bonchev–Trinajstić information content (AvgIpc) is 2.83. The lowest BCUT2D eigenvalue weighted by atomic mass is 10.1. The molecule has 0 fully saturated rings. The minimum absolute atomic E-state index is 0.0649. The largest absolute Gasteiger partial charge is 0.333 e. The van der Waals surface area contributed by atoms with Crippen LogP contribution in [0.25, 0.3) is 0 Å². The van der Waals surface area contributed by atoms with Gasteiger partial charge in [0.1, 0.15) is 5.82 Å². The van der Waals surface area contributed by atoms with Crippen molar-refractivity contribution in [3.05, 3.63) is 51.5 Å². The fourth-order valence-electron chi connectivity index (χ4n) is 2.15. The Bertz CT molecular complexity index is 553. The van der Waals surface area contributed by atoms with Crippen LogP contribution < -0.4 is 5.32 Å². The van der Waals surface area contributed by atoms with E-state index in [0.29, 0.717) is 0 Å². The van der Waals surface area contributed by atoms with E-state index in [1.165, 1.54) is 0 Å². The van der Waals surface area contributed by atoms with Crippen LogP contribution >= 0.6 is 27.5 Å². The molecule has 0 aliphatic rings. The zero-order valence-corrected chi connectivity index (χ0v) is 13.4. The maximum absolute atomic E-state index is 6.05. The molecule has 0 aliphatic heterocycles. The normalized spacial score (nSPS) is 12.6. The zero-order chi connectivity index (χ0) is 13.8. The molecular formula is C14H17BrClN3. The molecule has 3 nitrogen and oxygen atoms in total. The molecular weight excluding hydrogens is 326 g/mol. The van der Waals surface area contributed by atoms with Gasteiger partial charge >= 0.3 is 0 Å². The highest BCUT2D eigenvalue weighted by Gasteiger charge is 2.17. The van der Waals surface area contributed by atoms with Crippen LogP contribution in [0.3, 0.4) is 0 Å². The fourth-order valence-corrected chi connectivity index (χ4v) is 2.66. The molecule has 0 saturated carbocycles. The van der Waals surface area contributed by atoms with Crippen molar-refractivity contribution in [2.24, 2.45) is 0 Å². The molecule has 1 unspecified atom stereocenters. The SMILES string of the molecule is CCCn1ccnc1C(NC)c1ccc(Cl)c(Br)c1. The van der Waals surface area contributed by atoms with Gasteiger partial charge in [-0.05, 0) is 47.1 Å². The van der Waals surface area contributed by atoms with Crippen molar-refractivity contribution < 1.29 is 0 Å². The van der Waals surface area contributed by atoms with E-state index >= 15 is 0 Å². The first-order valence-corrected chi connectivity index (χ1v) is 7.47. The second kappa shape index (κ2) is 6.55. The fraction of sp³-hybridized carbons (Fsp3) is 0.357. The molecule has 1 atom stereocenters. The summed E-state index contributed by atoms with van der Waals surface area (Å²) in [6.07, 6.45) is 4.96. The van der Waals surface area contributed by atoms with Gasteiger partial charge in [-0.3, -0.25) is 0 Å². The van der Waals surface area contributed by atoms with Crippen LogP contribution in [0.15, 0.2) is 35.1 Å². The maximum Gasteiger partial charge on any atom is 0.130 e. The van der Waals surface area contributed by atoms with Crippen LogP contribution in [0.4, 0.5) is 0 Å². The molecule has 1 N–H and O–H groups in total. The molecule has 1 heterocycles. The Morgan fingerprint density at radius 3 is 2.89 bits per heavy atom. The average molecular weight is 343 g/mol. The quantitative estimate of drug-likeness (QED) is 0.889. The first kappa shape index (κ1) is 14.6. The molecule has 2 aromatic rings. The van der Waals surface area contributed by atoms with Crippen molar-refractivity contribution in [3.63, 3.8) is 0 Å². The number of aromatic nitrogens is 2. The maximum atomic E-state index is 6.05. The Kier molecular flexibility index (Phi) is 5.02. The van der Waals surface area contributed by atoms with E-state index < -0.39 is 0 Å². The van der Waals surface area contributed by atoms with Crippen molar-refractivity contribution in [1.82, 2.24) is 14.9 Å². The first-order valence-electron chi connectivity index (χ1n) is 6.30. The Balaban J connectivity index is 2.38. The van der Waals surface area contributed by atoms with Gasteiger partial charge in [0.05, 0.1) is 11.1 Å². The van der Waals surface area contributed by atoms with Crippen LogP contribution in [0.1, 0.15) is 30.8 Å². The minimum atomic E-state index is 0.0649. The van der Waals surface area contributed by atoms with Gasteiger partial charge in [0.15, 0.2) is 0 Å². The van der Waals surface area contributed by atoms with Crippen molar-refractivity contribution in [2.45, 2.75) is 25.9 Å². The van der Waals surface area contributed by atoms with Crippen LogP contribution in [0, 0.1) is 0 Å². The number of nitrogens with zero attached hydrogens (tertiary/aromatic N) is 2. The number of imidazole rings is 1. The van der Waals surface area contributed by atoms with E-state index in [-0.39, 0.29) is 6.04 Å². The molecule has 2 rings (SSSR count). The standard InChI is InChI=1S/C14H17BrClN3/c1-3-7-19-8-6-18-14(19)13(17-2)10-4-5-12(16)11(15)9-10/h4-6,8-9,13,17H,3,7H2,1-2H3. The molecule has 5 heteroatoms. The third-order valence-electron chi connectivity index (χ3n) is 3.04. The van der Waals surface area contributed by atoms with Gasteiger partial charge in [0, 0.05) is 23.4 Å². The van der Waals surface area contributed by atoms with Gasteiger partial charge in [-0.1, -0.05) is 24.6 Å². The van der Waals surface area contributed by atoms with Crippen molar-refractivity contribution in [1.29, 1.82) is 0 Å². The van der Waals surface area contributed by atoms with Crippen molar-refractivity contribution in [2.75, 3.05) is 7.05 Å². The van der Waals surface area contributed by atoms with Crippen LogP contribution in [-0.2, 0) is 6.54 Å². The smallest absolute Gasteiger partial charge is 0.130 e. The second-order valence-corrected chi connectivity index (χ2v) is 5.64. The number of benzene rings is 1. The molecule has 0 bridgehead atoms. The molecule has 1 aromatic heterocycles. The summed E-state index contributed by atoms with van der Waals surface area (Å²) in [6.45, 7) is 3.14. The summed E-state index contributed by atoms with van der Waals surface area (Å²) >= 11 is 9.52. The number of hydrogen-bond acceptors (Lipinski definition) is 2. The Hall–Kier alpha value is -0.840. The van der Waals surface area contributed by atoms with E-state index in [9.17, 15) is 0 Å². The lowest BCUT2D eigenvalue weighted by molar-refractivity contribution is 0.568. The predicted molar refractivity (Wildman–Crippen MR) is 82.6 cm³/mol. The highest BCUT2D eigenvalue weighted by atomic mass is 79.9. The second-order valence-electron chi connectivity index (χ2n) is 4.37. The monoisotopic (exact) mass is 341 g/mol. The van der Waals surface area contributed by atoms with Crippen LogP contribution in [-0.4, -0.2) is 16.6 Å². The Morgan fingerprint density at radius 1 is 1.47 bits per heavy atom. The third kappa shape index (κ3) is 3.19. The molecule has 0 radical (unpaired) electrons. The minimum Gasteiger partial charge on any atom is -0.333 e. The van der Waals surface area contributed by atoms with Crippen molar-refractivity contribution in [3.8, 4) is 0 Å². The highest BCUT2D eigenvalue weighted by molar-refractivity contribution is 9.10. The van der Waals surface area contributed by atoms with Gasteiger partial charge in [-0.25, -0.2) is 4.98 Å². The number of hydrogen-bond donors (Lipinski definition) is 1. The van der Waals surface area contributed by atoms with Gasteiger partial charge < -0.3 is 9.88 Å². The van der Waals surface area contributed by atoms with Crippen LogP contribution in [0.2, 0.25) is 5.02 Å². The van der Waals surface area contributed by atoms with Gasteiger partial charge in [-0.15, -0.1) is 0 Å². The summed E-state index contributed by atoms with van der Waals surface area (Å²) in [5.74, 6) is 1.03. The van der Waals surface area contributed by atoms with Crippen molar-refractivity contribution >= 4 is 27.5 Å². The summed E-state index contributed by atoms with van der Waals surface area (Å²) in [4.78, 5) is 4.49. The summed E-state index contributed by atoms with van der Waals surface area (Å²) in [7, 11) is 1.94. The summed E-state index contributed by atoms with van der Waals surface area (Å²) in [5, 5.41) is 4.04. The molecule has 102 valence electrons. The van der Waals surface area contributed by atoms with Gasteiger partial charge in [0.25, 0.3) is 0 Å². The van der Waals surface area contributed by atoms with E-state index in [0.717, 1.165) is 33.8 Å². The summed E-state index contributed by atoms with van der Waals surface area (Å²) in [5.41, 5.74) is 1.14. The topological polar surface area (TPSA) is 29.9 Å². The van der Waals surface area contributed by atoms with E-state index in [1.54, 1.807) is 0 Å². The molecule has 0 spiro atoms. The number of halogens is 2. The Labute approximate surface area is 127 Å². The summed E-state index contributed by atoms with van der Waals surface area (Å²) < 4.78 is 3.09. The number of rotatable bonds is 5. The van der Waals surface area contributed by atoms with Crippen LogP contribution in [0.5, 0.6) is 0 Å². The molecule has 1 aromatic carbocycles. The lowest BCUT2D eigenvalue weighted by Crippen LogP contribution is -2.22. The predicted octanol–water partition coefficient (Wildman–Crippen LogP) is 4.02. The number of nitrogens with one attached hydrogen (secondary N) is 1. The zero-order valence-electron chi connectivity index (χ0n) is 11.0. The third-order valence-corrected chi connectivity index (χ3v) is 4.25. The lowest BCUT2D eigenvalue weighted by Gasteiger charge is -2.18. The molecule has 19 heavy (non-hydrogen) atoms. The number of aryl methyl sites for hydroxylation is 1. The molecule has 0 saturated heterocycles. The van der Waals surface area contributed by atoms with E-state index in [4.69, 9.17) is 11.6 Å². The highest BCUT2D eigenvalue weighted by Crippen LogP contribution is 2.28. The van der Waals surface area contributed by atoms with Gasteiger partial charge in [0.2, 0.25) is 0 Å². The Morgan fingerprint density at radius 2 is 2.26 bits per heavy atom. The summed E-state index contributed by atoms with van der Waals surface area (Å²) in [6, 6.07) is 6.03. The van der Waals surface area contributed by atoms with Gasteiger partial charge in [-0.2, -0.15) is 0 Å². The molecule has 0 amide bonds. The molecule has 0 aliphatic carbocycles.